The van der Waals surface area contributed by atoms with Gasteiger partial charge in [-0.25, -0.2) is 4.39 Å². The summed E-state index contributed by atoms with van der Waals surface area (Å²) in [6.07, 6.45) is 1.54. The maximum atomic E-state index is 12.4. The van der Waals surface area contributed by atoms with E-state index in [0.717, 1.165) is 11.1 Å². The van der Waals surface area contributed by atoms with Crippen molar-refractivity contribution in [3.63, 3.8) is 0 Å². The maximum Gasteiger partial charge on any atom is 0.0974 e. The molecule has 0 heterocycles. The highest BCUT2D eigenvalue weighted by Crippen LogP contribution is 2.11. The molecule has 0 aliphatic heterocycles. The van der Waals surface area contributed by atoms with Gasteiger partial charge in [-0.3, -0.25) is 0 Å². The van der Waals surface area contributed by atoms with Crippen molar-refractivity contribution >= 4 is 6.08 Å². The van der Waals surface area contributed by atoms with Crippen molar-refractivity contribution in [2.45, 2.75) is 13.8 Å². The van der Waals surface area contributed by atoms with Gasteiger partial charge in [0.1, 0.15) is 0 Å². The molecule has 1 rings (SSSR count). The lowest BCUT2D eigenvalue weighted by Gasteiger charge is -1.97. The van der Waals surface area contributed by atoms with E-state index in [2.05, 4.69) is 0 Å². The minimum atomic E-state index is -0.153. The van der Waals surface area contributed by atoms with Crippen LogP contribution in [0.1, 0.15) is 18.1 Å². The molecule has 0 saturated heterocycles. The third kappa shape index (κ3) is 2.19. The van der Waals surface area contributed by atoms with Gasteiger partial charge in [-0.05, 0) is 31.1 Å². The molecule has 1 aromatic rings. The van der Waals surface area contributed by atoms with Gasteiger partial charge in [0.25, 0.3) is 0 Å². The summed E-state index contributed by atoms with van der Waals surface area (Å²) in [5.74, 6) is -0.153. The first-order chi connectivity index (χ1) is 5.20. The first kappa shape index (κ1) is 7.99. The summed E-state index contributed by atoms with van der Waals surface area (Å²) in [6, 6.07) is 7.72. The molecule has 0 fully saturated rings. The van der Waals surface area contributed by atoms with Gasteiger partial charge in [0.15, 0.2) is 0 Å². The van der Waals surface area contributed by atoms with E-state index >= 15 is 0 Å². The van der Waals surface area contributed by atoms with Crippen molar-refractivity contribution in [1.29, 1.82) is 0 Å². The molecular weight excluding hydrogens is 139 g/mol. The summed E-state index contributed by atoms with van der Waals surface area (Å²) >= 11 is 0. The SMILES string of the molecule is C/C(F)=C\c1ccccc1C. The fourth-order valence-electron chi connectivity index (χ4n) is 0.963. The summed E-state index contributed by atoms with van der Waals surface area (Å²) < 4.78 is 12.4. The quantitative estimate of drug-likeness (QED) is 0.576. The van der Waals surface area contributed by atoms with Crippen LogP contribution >= 0.6 is 0 Å². The number of allylic oxidation sites excluding steroid dienone is 1. The number of aryl methyl sites for hydroxylation is 1. The molecule has 0 aromatic heterocycles. The Kier molecular flexibility index (Phi) is 2.42. The molecule has 0 atom stereocenters. The molecule has 0 saturated carbocycles. The third-order valence-corrected chi connectivity index (χ3v) is 1.54. The number of benzene rings is 1. The van der Waals surface area contributed by atoms with Gasteiger partial charge >= 0.3 is 0 Å². The van der Waals surface area contributed by atoms with Crippen LogP contribution in [0.4, 0.5) is 4.39 Å². The van der Waals surface area contributed by atoms with E-state index in [1.807, 2.05) is 31.2 Å². The summed E-state index contributed by atoms with van der Waals surface area (Å²) in [7, 11) is 0. The summed E-state index contributed by atoms with van der Waals surface area (Å²) in [4.78, 5) is 0. The van der Waals surface area contributed by atoms with E-state index in [-0.39, 0.29) is 5.83 Å². The highest BCUT2D eigenvalue weighted by atomic mass is 19.1. The molecule has 0 bridgehead atoms. The van der Waals surface area contributed by atoms with E-state index in [1.54, 1.807) is 0 Å². The first-order valence-electron chi connectivity index (χ1n) is 3.59. The average Bonchev–Trinajstić information content (AvgIpc) is 1.93. The van der Waals surface area contributed by atoms with Gasteiger partial charge in [-0.15, -0.1) is 0 Å². The highest BCUT2D eigenvalue weighted by Gasteiger charge is 1.92. The van der Waals surface area contributed by atoms with Crippen LogP contribution in [0.25, 0.3) is 6.08 Å². The highest BCUT2D eigenvalue weighted by molar-refractivity contribution is 5.54. The zero-order chi connectivity index (χ0) is 8.27. The molecule has 58 valence electrons. The van der Waals surface area contributed by atoms with Gasteiger partial charge in [0.2, 0.25) is 0 Å². The molecule has 1 heteroatoms. The van der Waals surface area contributed by atoms with Gasteiger partial charge < -0.3 is 0 Å². The molecule has 0 aliphatic carbocycles. The van der Waals surface area contributed by atoms with Crippen molar-refractivity contribution in [2.24, 2.45) is 0 Å². The van der Waals surface area contributed by atoms with E-state index in [1.165, 1.54) is 13.0 Å². The van der Waals surface area contributed by atoms with E-state index < -0.39 is 0 Å². The van der Waals surface area contributed by atoms with Crippen LogP contribution in [0.3, 0.4) is 0 Å². The van der Waals surface area contributed by atoms with Crippen molar-refractivity contribution < 1.29 is 4.39 Å². The number of hydrogen-bond donors (Lipinski definition) is 0. The molecule has 0 spiro atoms. The van der Waals surface area contributed by atoms with Crippen molar-refractivity contribution in [1.82, 2.24) is 0 Å². The maximum absolute atomic E-state index is 12.4. The predicted octanol–water partition coefficient (Wildman–Crippen LogP) is 3.33. The van der Waals surface area contributed by atoms with Crippen LogP contribution in [-0.2, 0) is 0 Å². The first-order valence-corrected chi connectivity index (χ1v) is 3.59. The summed E-state index contributed by atoms with van der Waals surface area (Å²) in [6.45, 7) is 3.42. The lowest BCUT2D eigenvalue weighted by atomic mass is 10.1. The summed E-state index contributed by atoms with van der Waals surface area (Å²) in [5, 5.41) is 0. The predicted molar refractivity (Wildman–Crippen MR) is 45.9 cm³/mol. The third-order valence-electron chi connectivity index (χ3n) is 1.54. The van der Waals surface area contributed by atoms with Crippen LogP contribution in [0.15, 0.2) is 30.1 Å². The fourth-order valence-corrected chi connectivity index (χ4v) is 0.963. The van der Waals surface area contributed by atoms with Crippen LogP contribution in [0.5, 0.6) is 0 Å². The van der Waals surface area contributed by atoms with E-state index in [9.17, 15) is 4.39 Å². The van der Waals surface area contributed by atoms with Crippen LogP contribution in [-0.4, -0.2) is 0 Å². The molecule has 0 unspecified atom stereocenters. The fraction of sp³-hybridized carbons (Fsp3) is 0.200. The van der Waals surface area contributed by atoms with E-state index in [4.69, 9.17) is 0 Å². The van der Waals surface area contributed by atoms with Gasteiger partial charge in [-0.2, -0.15) is 0 Å². The minimum Gasteiger partial charge on any atom is -0.212 e. The molecule has 0 nitrogen and oxygen atoms in total. The molecular formula is C10H11F. The Hall–Kier alpha value is -1.11. The largest absolute Gasteiger partial charge is 0.212 e. The molecule has 0 aliphatic rings. The van der Waals surface area contributed by atoms with Crippen molar-refractivity contribution in [3.05, 3.63) is 41.2 Å². The monoisotopic (exact) mass is 150 g/mol. The zero-order valence-corrected chi connectivity index (χ0v) is 6.76. The Morgan fingerprint density at radius 1 is 1.36 bits per heavy atom. The van der Waals surface area contributed by atoms with Crippen molar-refractivity contribution in [3.8, 4) is 0 Å². The van der Waals surface area contributed by atoms with E-state index in [0.29, 0.717) is 0 Å². The van der Waals surface area contributed by atoms with Crippen LogP contribution in [0.2, 0.25) is 0 Å². The second-order valence-electron chi connectivity index (χ2n) is 2.59. The second kappa shape index (κ2) is 3.33. The molecule has 0 radical (unpaired) electrons. The average molecular weight is 150 g/mol. The van der Waals surface area contributed by atoms with Crippen molar-refractivity contribution in [2.75, 3.05) is 0 Å². The van der Waals surface area contributed by atoms with Gasteiger partial charge in [0.05, 0.1) is 5.83 Å². The lowest BCUT2D eigenvalue weighted by Crippen LogP contribution is -1.78. The van der Waals surface area contributed by atoms with Gasteiger partial charge in [0, 0.05) is 0 Å². The smallest absolute Gasteiger partial charge is 0.0974 e. The Morgan fingerprint density at radius 2 is 2.00 bits per heavy atom. The Balaban J connectivity index is 3.04. The molecule has 1 aromatic carbocycles. The second-order valence-corrected chi connectivity index (χ2v) is 2.59. The standard InChI is InChI=1S/C10H11F/c1-8-5-3-4-6-10(8)7-9(2)11/h3-7H,1-2H3/b9-7+. The van der Waals surface area contributed by atoms with Crippen LogP contribution in [0, 0.1) is 6.92 Å². The van der Waals surface area contributed by atoms with Crippen LogP contribution < -0.4 is 0 Å². The molecule has 0 amide bonds. The topological polar surface area (TPSA) is 0 Å². The summed E-state index contributed by atoms with van der Waals surface area (Å²) in [5.41, 5.74) is 2.05. The number of rotatable bonds is 1. The molecule has 11 heavy (non-hydrogen) atoms. The molecule has 0 N–H and O–H groups in total. The number of halogens is 1. The lowest BCUT2D eigenvalue weighted by molar-refractivity contribution is 0.648. The Morgan fingerprint density at radius 3 is 2.55 bits per heavy atom. The zero-order valence-electron chi connectivity index (χ0n) is 6.76. The van der Waals surface area contributed by atoms with Gasteiger partial charge in [-0.1, -0.05) is 24.3 Å². The minimum absolute atomic E-state index is 0.153. The Bertz CT molecular complexity index is 270. The number of hydrogen-bond acceptors (Lipinski definition) is 0. The Labute approximate surface area is 66.4 Å². The normalized spacial score (nSPS) is 11.7.